The lowest BCUT2D eigenvalue weighted by atomic mass is 9.57. The summed E-state index contributed by atoms with van der Waals surface area (Å²) in [5, 5.41) is 0.0388. The number of esters is 2. The van der Waals surface area contributed by atoms with Crippen LogP contribution >= 0.6 is 0 Å². The van der Waals surface area contributed by atoms with Crippen LogP contribution in [0.4, 0.5) is 0 Å². The molecule has 166 valence electrons. The van der Waals surface area contributed by atoms with Crippen LogP contribution in [0.3, 0.4) is 0 Å². The molecule has 1 saturated carbocycles. The molecule has 2 rings (SSSR count). The first-order valence-corrected chi connectivity index (χ1v) is 13.8. The number of rotatable bonds is 5. The highest BCUT2D eigenvalue weighted by Gasteiger charge is 2.55. The third-order valence-electron chi connectivity index (χ3n) is 7.39. The molecule has 0 bridgehead atoms. The molecule has 2 aliphatic carbocycles. The Labute approximate surface area is 177 Å². The van der Waals surface area contributed by atoms with Crippen LogP contribution in [0.25, 0.3) is 0 Å². The van der Waals surface area contributed by atoms with Crippen LogP contribution in [0.1, 0.15) is 54.4 Å². The van der Waals surface area contributed by atoms with Gasteiger partial charge in [-0.2, -0.15) is 0 Å². The number of fused-ring (bicyclic) bond motifs is 1. The quantitative estimate of drug-likeness (QED) is 0.354. The molecule has 0 radical (unpaired) electrons. The fourth-order valence-electron chi connectivity index (χ4n) is 4.78. The molecule has 0 amide bonds. The number of carbonyl (C=O) groups excluding carboxylic acids is 2. The van der Waals surface area contributed by atoms with Crippen molar-refractivity contribution in [1.82, 2.24) is 0 Å². The van der Waals surface area contributed by atoms with Crippen LogP contribution in [-0.4, -0.2) is 40.1 Å². The summed E-state index contributed by atoms with van der Waals surface area (Å²) in [5.74, 6) is -0.399. The van der Waals surface area contributed by atoms with Gasteiger partial charge < -0.3 is 13.9 Å². The van der Waals surface area contributed by atoms with Crippen LogP contribution in [0.5, 0.6) is 0 Å². The molecule has 0 heterocycles. The lowest BCUT2D eigenvalue weighted by molar-refractivity contribution is -0.166. The van der Waals surface area contributed by atoms with Gasteiger partial charge in [0.25, 0.3) is 0 Å². The highest BCUT2D eigenvalue weighted by Crippen LogP contribution is 2.53. The standard InChI is InChI=1S/C23H40O5Si/c1-10-27-20(24)18-15(2)11-12-16-13-23(6,21(25)26-7)14-17(19(16)18)28-29(8,9)22(3,4)5/h11-12,15-19H,10,13-14H2,1-9H3/t15-,16-,17-,18-,19+,23-/m0/s1. The van der Waals surface area contributed by atoms with E-state index in [1.807, 2.05) is 13.8 Å². The Morgan fingerprint density at radius 3 is 2.31 bits per heavy atom. The van der Waals surface area contributed by atoms with E-state index in [-0.39, 0.29) is 46.8 Å². The number of hydrogen-bond acceptors (Lipinski definition) is 5. The molecule has 0 aromatic heterocycles. The molecule has 0 saturated heterocycles. The highest BCUT2D eigenvalue weighted by molar-refractivity contribution is 6.74. The molecule has 0 aromatic carbocycles. The Hall–Kier alpha value is -1.14. The van der Waals surface area contributed by atoms with Crippen LogP contribution in [0.2, 0.25) is 18.1 Å². The van der Waals surface area contributed by atoms with Gasteiger partial charge in [-0.05, 0) is 56.7 Å². The maximum atomic E-state index is 12.9. The maximum Gasteiger partial charge on any atom is 0.311 e. The number of methoxy groups -OCH3 is 1. The molecular weight excluding hydrogens is 384 g/mol. The molecule has 0 aromatic rings. The highest BCUT2D eigenvalue weighted by atomic mass is 28.4. The van der Waals surface area contributed by atoms with Crippen molar-refractivity contribution in [1.29, 1.82) is 0 Å². The molecule has 0 spiro atoms. The Balaban J connectivity index is 2.49. The fraction of sp³-hybridized carbons (Fsp3) is 0.826. The number of hydrogen-bond donors (Lipinski definition) is 0. The minimum absolute atomic E-state index is 0.0147. The third kappa shape index (κ3) is 4.79. The first-order chi connectivity index (χ1) is 13.3. The second kappa shape index (κ2) is 8.54. The smallest absolute Gasteiger partial charge is 0.311 e. The Morgan fingerprint density at radius 1 is 1.17 bits per heavy atom. The van der Waals surface area contributed by atoms with E-state index in [9.17, 15) is 9.59 Å². The Kier molecular flexibility index (Phi) is 7.10. The SMILES string of the molecule is CCOC(=O)[C@@H]1[C@H]2[C@@H](O[Si](C)(C)C(C)(C)C)C[C@@](C)(C(=O)OC)C[C@@H]2C=C[C@@H]1C. The van der Waals surface area contributed by atoms with E-state index in [1.54, 1.807) is 0 Å². The van der Waals surface area contributed by atoms with E-state index in [0.29, 0.717) is 19.4 Å². The van der Waals surface area contributed by atoms with Crippen molar-refractivity contribution in [2.75, 3.05) is 13.7 Å². The molecule has 6 heteroatoms. The van der Waals surface area contributed by atoms with Crippen LogP contribution in [0, 0.1) is 29.1 Å². The topological polar surface area (TPSA) is 61.8 Å². The van der Waals surface area contributed by atoms with Gasteiger partial charge in [-0.1, -0.05) is 39.8 Å². The lowest BCUT2D eigenvalue weighted by Gasteiger charge is -2.52. The molecule has 2 aliphatic rings. The van der Waals surface area contributed by atoms with Crippen LogP contribution in [0.15, 0.2) is 12.2 Å². The molecular formula is C23H40O5Si. The van der Waals surface area contributed by atoms with Crippen molar-refractivity contribution in [2.45, 2.75) is 78.6 Å². The molecule has 0 N–H and O–H groups in total. The summed E-state index contributed by atoms with van der Waals surface area (Å²) in [6, 6.07) is 0. The second-order valence-corrected chi connectivity index (χ2v) is 15.4. The summed E-state index contributed by atoms with van der Waals surface area (Å²) in [6.45, 7) is 17.4. The summed E-state index contributed by atoms with van der Waals surface area (Å²) >= 11 is 0. The van der Waals surface area contributed by atoms with E-state index in [0.717, 1.165) is 0 Å². The van der Waals surface area contributed by atoms with Crippen molar-refractivity contribution in [2.24, 2.45) is 29.1 Å². The average molecular weight is 425 g/mol. The van der Waals surface area contributed by atoms with E-state index in [2.05, 4.69) is 52.9 Å². The summed E-state index contributed by atoms with van der Waals surface area (Å²) in [7, 11) is -0.661. The minimum atomic E-state index is -2.11. The number of allylic oxidation sites excluding steroid dienone is 2. The predicted molar refractivity (Wildman–Crippen MR) is 117 cm³/mol. The van der Waals surface area contributed by atoms with Gasteiger partial charge in [-0.15, -0.1) is 0 Å². The number of ether oxygens (including phenoxy) is 2. The maximum absolute atomic E-state index is 12.9. The Bertz CT molecular complexity index is 650. The van der Waals surface area contributed by atoms with Gasteiger partial charge in [0.2, 0.25) is 0 Å². The first-order valence-electron chi connectivity index (χ1n) is 10.9. The van der Waals surface area contributed by atoms with E-state index < -0.39 is 13.7 Å². The van der Waals surface area contributed by atoms with E-state index in [1.165, 1.54) is 7.11 Å². The first kappa shape index (κ1) is 24.1. The van der Waals surface area contributed by atoms with Gasteiger partial charge in [0.05, 0.1) is 31.2 Å². The van der Waals surface area contributed by atoms with Crippen molar-refractivity contribution in [3.8, 4) is 0 Å². The largest absolute Gasteiger partial charge is 0.469 e. The molecule has 5 nitrogen and oxygen atoms in total. The van der Waals surface area contributed by atoms with Gasteiger partial charge in [-0.25, -0.2) is 0 Å². The van der Waals surface area contributed by atoms with Crippen molar-refractivity contribution < 1.29 is 23.5 Å². The lowest BCUT2D eigenvalue weighted by Crippen LogP contribution is -2.56. The molecule has 1 fully saturated rings. The second-order valence-electron chi connectivity index (χ2n) is 10.6. The third-order valence-corrected chi connectivity index (χ3v) is 11.9. The van der Waals surface area contributed by atoms with Crippen molar-refractivity contribution >= 4 is 20.3 Å². The van der Waals surface area contributed by atoms with E-state index >= 15 is 0 Å². The van der Waals surface area contributed by atoms with Gasteiger partial charge >= 0.3 is 11.9 Å². The number of carbonyl (C=O) groups is 2. The van der Waals surface area contributed by atoms with Gasteiger partial charge in [0.15, 0.2) is 8.32 Å². The predicted octanol–water partition coefficient (Wildman–Crippen LogP) is 4.97. The van der Waals surface area contributed by atoms with Crippen LogP contribution in [-0.2, 0) is 23.5 Å². The molecule has 0 aliphatic heterocycles. The van der Waals surface area contributed by atoms with Crippen LogP contribution < -0.4 is 0 Å². The van der Waals surface area contributed by atoms with Crippen molar-refractivity contribution in [3.05, 3.63) is 12.2 Å². The zero-order valence-electron chi connectivity index (χ0n) is 19.7. The molecule has 6 atom stereocenters. The summed E-state index contributed by atoms with van der Waals surface area (Å²) in [5.41, 5.74) is -0.618. The molecule has 29 heavy (non-hydrogen) atoms. The summed E-state index contributed by atoms with van der Waals surface area (Å²) in [6.07, 6.45) is 5.35. The minimum Gasteiger partial charge on any atom is -0.469 e. The summed E-state index contributed by atoms with van der Waals surface area (Å²) in [4.78, 5) is 25.6. The van der Waals surface area contributed by atoms with Gasteiger partial charge in [-0.3, -0.25) is 9.59 Å². The van der Waals surface area contributed by atoms with Gasteiger partial charge in [0.1, 0.15) is 0 Å². The summed E-state index contributed by atoms with van der Waals surface area (Å²) < 4.78 is 17.5. The monoisotopic (exact) mass is 424 g/mol. The Morgan fingerprint density at radius 2 is 1.79 bits per heavy atom. The zero-order chi connectivity index (χ0) is 22.2. The zero-order valence-corrected chi connectivity index (χ0v) is 20.7. The molecule has 0 unspecified atom stereocenters. The van der Waals surface area contributed by atoms with E-state index in [4.69, 9.17) is 13.9 Å². The average Bonchev–Trinajstić information content (AvgIpc) is 2.60. The van der Waals surface area contributed by atoms with Crippen molar-refractivity contribution in [3.63, 3.8) is 0 Å². The normalized spacial score (nSPS) is 35.0. The fourth-order valence-corrected chi connectivity index (χ4v) is 6.13. The van der Waals surface area contributed by atoms with Gasteiger partial charge in [0, 0.05) is 5.92 Å².